The van der Waals surface area contributed by atoms with Crippen molar-refractivity contribution in [1.82, 2.24) is 19.8 Å². The Hall–Kier alpha value is -2.05. The minimum atomic E-state index is -0.576. The molecule has 1 saturated heterocycles. The van der Waals surface area contributed by atoms with E-state index >= 15 is 0 Å². The zero-order valence-corrected chi connectivity index (χ0v) is 14.4. The van der Waals surface area contributed by atoms with Gasteiger partial charge in [0.05, 0.1) is 7.11 Å². The lowest BCUT2D eigenvalue weighted by atomic mass is 9.95. The summed E-state index contributed by atoms with van der Waals surface area (Å²) >= 11 is 0. The first-order valence-corrected chi connectivity index (χ1v) is 8.72. The second kappa shape index (κ2) is 7.23. The summed E-state index contributed by atoms with van der Waals surface area (Å²) in [5.74, 6) is 2.34. The Bertz CT molecular complexity index is 588. The van der Waals surface area contributed by atoms with Crippen molar-refractivity contribution in [3.05, 3.63) is 18.2 Å². The summed E-state index contributed by atoms with van der Waals surface area (Å²) in [6.07, 6.45) is 7.88. The Labute approximate surface area is 142 Å². The van der Waals surface area contributed by atoms with E-state index in [0.717, 1.165) is 31.1 Å². The third kappa shape index (κ3) is 3.88. The molecule has 24 heavy (non-hydrogen) atoms. The standard InChI is InChI=1S/C17H26N4O3/c1-12(19-17(23)24-2)16(22)20-8-5-14(6-9-20)15-18-7-10-21(15)11-13-3-4-13/h7,10,12-14H,3-6,8-9,11H2,1-2H3,(H,19,23)/t12-/m1/s1. The number of carbonyl (C=O) groups is 2. The van der Waals surface area contributed by atoms with Crippen LogP contribution in [0.4, 0.5) is 4.79 Å². The summed E-state index contributed by atoms with van der Waals surface area (Å²) in [6.45, 7) is 4.17. The van der Waals surface area contributed by atoms with Crippen molar-refractivity contribution in [2.75, 3.05) is 20.2 Å². The number of methoxy groups -OCH3 is 1. The average molecular weight is 334 g/mol. The average Bonchev–Trinajstić information content (AvgIpc) is 3.29. The van der Waals surface area contributed by atoms with Gasteiger partial charge in [-0.1, -0.05) is 0 Å². The van der Waals surface area contributed by atoms with Crippen molar-refractivity contribution in [3.63, 3.8) is 0 Å². The van der Waals surface area contributed by atoms with Crippen LogP contribution in [-0.2, 0) is 16.1 Å². The summed E-state index contributed by atoms with van der Waals surface area (Å²) in [4.78, 5) is 30.0. The smallest absolute Gasteiger partial charge is 0.407 e. The van der Waals surface area contributed by atoms with Crippen molar-refractivity contribution in [2.24, 2.45) is 5.92 Å². The van der Waals surface area contributed by atoms with E-state index in [0.29, 0.717) is 19.0 Å². The van der Waals surface area contributed by atoms with Gasteiger partial charge < -0.3 is 19.5 Å². The van der Waals surface area contributed by atoms with Gasteiger partial charge in [0.25, 0.3) is 0 Å². The lowest BCUT2D eigenvalue weighted by molar-refractivity contribution is -0.134. The van der Waals surface area contributed by atoms with Crippen LogP contribution in [0.25, 0.3) is 0 Å². The van der Waals surface area contributed by atoms with Crippen molar-refractivity contribution in [1.29, 1.82) is 0 Å². The number of imidazole rings is 1. The van der Waals surface area contributed by atoms with Gasteiger partial charge in [-0.05, 0) is 38.5 Å². The van der Waals surface area contributed by atoms with Crippen molar-refractivity contribution >= 4 is 12.0 Å². The predicted molar refractivity (Wildman–Crippen MR) is 88.5 cm³/mol. The lowest BCUT2D eigenvalue weighted by Gasteiger charge is -2.33. The van der Waals surface area contributed by atoms with E-state index in [1.54, 1.807) is 6.92 Å². The largest absolute Gasteiger partial charge is 0.453 e. The van der Waals surface area contributed by atoms with Crippen molar-refractivity contribution < 1.29 is 14.3 Å². The maximum atomic E-state index is 12.4. The second-order valence-corrected chi connectivity index (χ2v) is 6.84. The Morgan fingerprint density at radius 3 is 2.67 bits per heavy atom. The van der Waals surface area contributed by atoms with Gasteiger partial charge in [0.2, 0.25) is 5.91 Å². The molecular formula is C17H26N4O3. The third-order valence-corrected chi connectivity index (χ3v) is 4.96. The van der Waals surface area contributed by atoms with Gasteiger partial charge in [-0.25, -0.2) is 9.78 Å². The summed E-state index contributed by atoms with van der Waals surface area (Å²) in [6, 6.07) is -0.564. The number of aromatic nitrogens is 2. The quantitative estimate of drug-likeness (QED) is 0.890. The van der Waals surface area contributed by atoms with E-state index in [1.807, 2.05) is 11.1 Å². The third-order valence-electron chi connectivity index (χ3n) is 4.96. The normalized spacial score (nSPS) is 19.8. The molecule has 1 N–H and O–H groups in total. The number of nitrogens with zero attached hydrogens (tertiary/aromatic N) is 3. The Morgan fingerprint density at radius 1 is 1.33 bits per heavy atom. The van der Waals surface area contributed by atoms with Crippen LogP contribution < -0.4 is 5.32 Å². The molecule has 0 aromatic carbocycles. The Kier molecular flexibility index (Phi) is 5.06. The summed E-state index contributed by atoms with van der Waals surface area (Å²) in [5.41, 5.74) is 0. The molecule has 2 heterocycles. The van der Waals surface area contributed by atoms with E-state index < -0.39 is 12.1 Å². The molecule has 7 heteroatoms. The van der Waals surface area contributed by atoms with Gasteiger partial charge in [0, 0.05) is 37.9 Å². The molecule has 1 aliphatic carbocycles. The zero-order chi connectivity index (χ0) is 17.1. The lowest BCUT2D eigenvalue weighted by Crippen LogP contribution is -2.49. The van der Waals surface area contributed by atoms with E-state index in [1.165, 1.54) is 20.0 Å². The minimum absolute atomic E-state index is 0.0554. The molecule has 0 bridgehead atoms. The number of piperidine rings is 1. The fraction of sp³-hybridized carbons (Fsp3) is 0.706. The van der Waals surface area contributed by atoms with Crippen LogP contribution in [0.5, 0.6) is 0 Å². The van der Waals surface area contributed by atoms with Crippen LogP contribution in [0.3, 0.4) is 0 Å². The molecule has 0 radical (unpaired) electrons. The first kappa shape index (κ1) is 16.8. The maximum Gasteiger partial charge on any atom is 0.407 e. The van der Waals surface area contributed by atoms with Gasteiger partial charge in [-0.3, -0.25) is 4.79 Å². The summed E-state index contributed by atoms with van der Waals surface area (Å²) in [7, 11) is 1.29. The summed E-state index contributed by atoms with van der Waals surface area (Å²) < 4.78 is 6.84. The van der Waals surface area contributed by atoms with Crippen molar-refractivity contribution in [2.45, 2.75) is 51.1 Å². The van der Waals surface area contributed by atoms with Gasteiger partial charge in [0.15, 0.2) is 0 Å². The number of amides is 2. The monoisotopic (exact) mass is 334 g/mol. The first-order valence-electron chi connectivity index (χ1n) is 8.72. The predicted octanol–water partition coefficient (Wildman–Crippen LogP) is 1.74. The molecule has 2 amide bonds. The van der Waals surface area contributed by atoms with Gasteiger partial charge >= 0.3 is 6.09 Å². The molecule has 2 fully saturated rings. The van der Waals surface area contributed by atoms with E-state index in [4.69, 9.17) is 0 Å². The minimum Gasteiger partial charge on any atom is -0.453 e. The van der Waals surface area contributed by atoms with Gasteiger partial charge in [0.1, 0.15) is 11.9 Å². The van der Waals surface area contributed by atoms with Crippen LogP contribution in [0, 0.1) is 5.92 Å². The van der Waals surface area contributed by atoms with Crippen LogP contribution >= 0.6 is 0 Å². The molecule has 0 spiro atoms. The number of hydrogen-bond acceptors (Lipinski definition) is 4. The van der Waals surface area contributed by atoms with Crippen molar-refractivity contribution in [3.8, 4) is 0 Å². The first-order chi connectivity index (χ1) is 11.6. The molecule has 0 unspecified atom stereocenters. The molecule has 1 aromatic rings. The molecule has 1 aliphatic heterocycles. The highest BCUT2D eigenvalue weighted by Gasteiger charge is 2.30. The molecule has 1 atom stereocenters. The molecule has 7 nitrogen and oxygen atoms in total. The molecule has 132 valence electrons. The topological polar surface area (TPSA) is 76.5 Å². The Morgan fingerprint density at radius 2 is 2.04 bits per heavy atom. The fourth-order valence-corrected chi connectivity index (χ4v) is 3.34. The van der Waals surface area contributed by atoms with Crippen LogP contribution in [-0.4, -0.2) is 52.7 Å². The van der Waals surface area contributed by atoms with E-state index in [9.17, 15) is 9.59 Å². The number of ether oxygens (including phenoxy) is 1. The van der Waals surface area contributed by atoms with E-state index in [-0.39, 0.29) is 5.91 Å². The maximum absolute atomic E-state index is 12.4. The summed E-state index contributed by atoms with van der Waals surface area (Å²) in [5, 5.41) is 2.53. The van der Waals surface area contributed by atoms with E-state index in [2.05, 4.69) is 25.8 Å². The number of carbonyl (C=O) groups excluding carboxylic acids is 2. The number of rotatable bonds is 5. The molecule has 2 aliphatic rings. The SMILES string of the molecule is COC(=O)N[C@H](C)C(=O)N1CCC(c2nccn2CC2CC2)CC1. The van der Waals surface area contributed by atoms with Crippen LogP contribution in [0.2, 0.25) is 0 Å². The highest BCUT2D eigenvalue weighted by atomic mass is 16.5. The molecule has 1 saturated carbocycles. The number of nitrogens with one attached hydrogen (secondary N) is 1. The molecular weight excluding hydrogens is 308 g/mol. The zero-order valence-electron chi connectivity index (χ0n) is 14.4. The highest BCUT2D eigenvalue weighted by Crippen LogP contribution is 2.33. The second-order valence-electron chi connectivity index (χ2n) is 6.84. The Balaban J connectivity index is 1.53. The van der Waals surface area contributed by atoms with Gasteiger partial charge in [-0.2, -0.15) is 0 Å². The molecule has 3 rings (SSSR count). The van der Waals surface area contributed by atoms with Crippen LogP contribution in [0.1, 0.15) is 44.3 Å². The number of alkyl carbamates (subject to hydrolysis) is 1. The highest BCUT2D eigenvalue weighted by molar-refractivity contribution is 5.85. The molecule has 1 aromatic heterocycles. The number of likely N-dealkylation sites (tertiary alicyclic amines) is 1. The van der Waals surface area contributed by atoms with Crippen LogP contribution in [0.15, 0.2) is 12.4 Å². The fourth-order valence-electron chi connectivity index (χ4n) is 3.34. The van der Waals surface area contributed by atoms with Gasteiger partial charge in [-0.15, -0.1) is 0 Å². The number of hydrogen-bond donors (Lipinski definition) is 1.